The molecule has 6 heteroatoms. The molecule has 0 spiro atoms. The molecule has 5 nitrogen and oxygen atoms in total. The number of carbonyl (C=O) groups excluding carboxylic acids is 2. The molecule has 29 heavy (non-hydrogen) atoms. The number of halogens is 1. The van der Waals surface area contributed by atoms with Crippen LogP contribution >= 0.6 is 11.6 Å². The second-order valence-electron chi connectivity index (χ2n) is 8.64. The van der Waals surface area contributed by atoms with Crippen LogP contribution in [0, 0.1) is 5.92 Å². The van der Waals surface area contributed by atoms with Crippen LogP contribution in [0.4, 0.5) is 0 Å². The maximum absolute atomic E-state index is 12.7. The molecule has 3 fully saturated rings. The molecular weight excluding hydrogens is 388 g/mol. The van der Waals surface area contributed by atoms with Gasteiger partial charge < -0.3 is 14.5 Å². The van der Waals surface area contributed by atoms with Crippen molar-refractivity contribution < 1.29 is 14.3 Å². The molecule has 3 aliphatic rings. The van der Waals surface area contributed by atoms with E-state index in [4.69, 9.17) is 16.3 Å². The fourth-order valence-corrected chi connectivity index (χ4v) is 4.88. The lowest BCUT2D eigenvalue weighted by molar-refractivity contribution is -0.144. The third kappa shape index (κ3) is 4.88. The Morgan fingerprint density at radius 3 is 2.28 bits per heavy atom. The number of nitrogens with zero attached hydrogens (tertiary/aromatic N) is 2. The average molecular weight is 419 g/mol. The number of carbonyl (C=O) groups is 2. The van der Waals surface area contributed by atoms with Gasteiger partial charge in [-0.3, -0.25) is 9.59 Å². The highest BCUT2D eigenvalue weighted by molar-refractivity contribution is 6.30. The van der Waals surface area contributed by atoms with Gasteiger partial charge in [-0.25, -0.2) is 0 Å². The van der Waals surface area contributed by atoms with Crippen molar-refractivity contribution in [2.75, 3.05) is 32.8 Å². The number of benzene rings is 1. The summed E-state index contributed by atoms with van der Waals surface area (Å²) in [6.07, 6.45) is 9.29. The van der Waals surface area contributed by atoms with Crippen molar-refractivity contribution in [3.63, 3.8) is 0 Å². The van der Waals surface area contributed by atoms with Crippen LogP contribution in [0.15, 0.2) is 18.2 Å². The number of hydrogen-bond donors (Lipinski definition) is 0. The van der Waals surface area contributed by atoms with Crippen molar-refractivity contribution in [2.45, 2.75) is 57.3 Å². The van der Waals surface area contributed by atoms with Crippen LogP contribution in [0.25, 0.3) is 0 Å². The van der Waals surface area contributed by atoms with E-state index >= 15 is 0 Å². The highest BCUT2D eigenvalue weighted by Crippen LogP contribution is 2.38. The summed E-state index contributed by atoms with van der Waals surface area (Å²) in [5, 5.41) is 0.719. The van der Waals surface area contributed by atoms with Crippen LogP contribution in [0.3, 0.4) is 0 Å². The molecular formula is C23H31ClN2O3. The van der Waals surface area contributed by atoms with Gasteiger partial charge in [0, 0.05) is 37.1 Å². The molecule has 1 saturated heterocycles. The molecule has 0 atom stereocenters. The number of ether oxygens (including phenoxy) is 1. The molecule has 4 rings (SSSR count). The molecule has 0 radical (unpaired) electrons. The molecule has 2 saturated carbocycles. The Labute approximate surface area is 178 Å². The number of hydrogen-bond acceptors (Lipinski definition) is 3. The summed E-state index contributed by atoms with van der Waals surface area (Å²) in [5.41, 5.74) is 1.14. The lowest BCUT2D eigenvalue weighted by Gasteiger charge is -2.38. The largest absolute Gasteiger partial charge is 0.483 e. The second kappa shape index (κ2) is 9.38. The van der Waals surface area contributed by atoms with Crippen LogP contribution in [0.5, 0.6) is 5.75 Å². The minimum atomic E-state index is -0.00899. The minimum absolute atomic E-state index is 0.00899. The van der Waals surface area contributed by atoms with Crippen molar-refractivity contribution in [1.82, 2.24) is 9.80 Å². The molecule has 1 aromatic carbocycles. The van der Waals surface area contributed by atoms with Gasteiger partial charge in [0.2, 0.25) is 5.91 Å². The van der Waals surface area contributed by atoms with E-state index in [0.29, 0.717) is 32.1 Å². The van der Waals surface area contributed by atoms with Gasteiger partial charge in [-0.05, 0) is 55.4 Å². The van der Waals surface area contributed by atoms with Gasteiger partial charge in [0.05, 0.1) is 0 Å². The first kappa shape index (κ1) is 20.5. The molecule has 1 aromatic rings. The Kier molecular flexibility index (Phi) is 6.63. The summed E-state index contributed by atoms with van der Waals surface area (Å²) >= 11 is 6.23. The molecule has 0 N–H and O–H groups in total. The zero-order valence-corrected chi connectivity index (χ0v) is 17.8. The van der Waals surface area contributed by atoms with Gasteiger partial charge in [-0.2, -0.15) is 0 Å². The zero-order valence-electron chi connectivity index (χ0n) is 17.1. The smallest absolute Gasteiger partial charge is 0.260 e. The fraction of sp³-hybridized carbons (Fsp3) is 0.652. The molecule has 2 aliphatic carbocycles. The summed E-state index contributed by atoms with van der Waals surface area (Å²) in [5.74, 6) is 1.74. The first-order valence-corrected chi connectivity index (χ1v) is 11.5. The zero-order chi connectivity index (χ0) is 20.2. The van der Waals surface area contributed by atoms with E-state index in [1.165, 1.54) is 25.7 Å². The van der Waals surface area contributed by atoms with Gasteiger partial charge in [-0.15, -0.1) is 0 Å². The van der Waals surface area contributed by atoms with Gasteiger partial charge in [0.25, 0.3) is 5.91 Å². The number of piperazine rings is 1. The van der Waals surface area contributed by atoms with Gasteiger partial charge in [0.15, 0.2) is 6.61 Å². The standard InChI is InChI=1S/C23H31ClN2O3/c24-19-9-10-21(20(15-19)17-5-2-1-3-6-17)29-16-22(27)25-11-13-26(14-12-25)23(28)18-7-4-8-18/h9-10,15,17-18H,1-8,11-14,16H2. The highest BCUT2D eigenvalue weighted by atomic mass is 35.5. The molecule has 0 bridgehead atoms. The summed E-state index contributed by atoms with van der Waals surface area (Å²) in [6.45, 7) is 2.50. The molecule has 0 aromatic heterocycles. The highest BCUT2D eigenvalue weighted by Gasteiger charge is 2.32. The van der Waals surface area contributed by atoms with Crippen molar-refractivity contribution >= 4 is 23.4 Å². The Morgan fingerprint density at radius 2 is 1.62 bits per heavy atom. The van der Waals surface area contributed by atoms with Crippen molar-refractivity contribution in [3.8, 4) is 5.75 Å². The summed E-state index contributed by atoms with van der Waals surface area (Å²) in [6, 6.07) is 5.73. The first-order valence-electron chi connectivity index (χ1n) is 11.1. The Morgan fingerprint density at radius 1 is 0.931 bits per heavy atom. The van der Waals surface area contributed by atoms with E-state index in [1.54, 1.807) is 0 Å². The summed E-state index contributed by atoms with van der Waals surface area (Å²) in [7, 11) is 0. The molecule has 1 aliphatic heterocycles. The molecule has 0 unspecified atom stereocenters. The number of rotatable bonds is 5. The number of amides is 2. The minimum Gasteiger partial charge on any atom is -0.483 e. The van der Waals surface area contributed by atoms with E-state index in [1.807, 2.05) is 28.0 Å². The normalized spacial score (nSPS) is 21.0. The van der Waals surface area contributed by atoms with Crippen molar-refractivity contribution in [2.24, 2.45) is 5.92 Å². The maximum Gasteiger partial charge on any atom is 0.260 e. The lowest BCUT2D eigenvalue weighted by Crippen LogP contribution is -2.53. The maximum atomic E-state index is 12.7. The van der Waals surface area contributed by atoms with E-state index in [9.17, 15) is 9.59 Å². The van der Waals surface area contributed by atoms with Gasteiger partial charge in [0.1, 0.15) is 5.75 Å². The summed E-state index contributed by atoms with van der Waals surface area (Å²) < 4.78 is 5.97. The van der Waals surface area contributed by atoms with E-state index in [0.717, 1.165) is 42.0 Å². The van der Waals surface area contributed by atoms with E-state index < -0.39 is 0 Å². The topological polar surface area (TPSA) is 49.9 Å². The first-order chi connectivity index (χ1) is 14.1. The third-order valence-electron chi connectivity index (χ3n) is 6.77. The van der Waals surface area contributed by atoms with E-state index in [2.05, 4.69) is 0 Å². The SMILES string of the molecule is O=C(COc1ccc(Cl)cc1C1CCCCC1)N1CCN(C(=O)C2CCC2)CC1. The van der Waals surface area contributed by atoms with Crippen molar-refractivity contribution in [3.05, 3.63) is 28.8 Å². The van der Waals surface area contributed by atoms with Crippen LogP contribution < -0.4 is 4.74 Å². The Balaban J connectivity index is 1.30. The molecule has 2 amide bonds. The lowest BCUT2D eigenvalue weighted by atomic mass is 9.84. The third-order valence-corrected chi connectivity index (χ3v) is 7.00. The van der Waals surface area contributed by atoms with Crippen LogP contribution in [-0.2, 0) is 9.59 Å². The Hall–Kier alpha value is -1.75. The monoisotopic (exact) mass is 418 g/mol. The fourth-order valence-electron chi connectivity index (χ4n) is 4.70. The Bertz CT molecular complexity index is 736. The van der Waals surface area contributed by atoms with Gasteiger partial charge >= 0.3 is 0 Å². The van der Waals surface area contributed by atoms with Crippen LogP contribution in [0.1, 0.15) is 62.8 Å². The predicted octanol–water partition coefficient (Wildman–Crippen LogP) is 4.24. The molecule has 1 heterocycles. The summed E-state index contributed by atoms with van der Waals surface area (Å²) in [4.78, 5) is 28.8. The average Bonchev–Trinajstić information content (AvgIpc) is 2.72. The quantitative estimate of drug-likeness (QED) is 0.718. The predicted molar refractivity (Wildman–Crippen MR) is 113 cm³/mol. The van der Waals surface area contributed by atoms with E-state index in [-0.39, 0.29) is 24.3 Å². The van der Waals surface area contributed by atoms with Crippen LogP contribution in [0.2, 0.25) is 5.02 Å². The molecule has 158 valence electrons. The van der Waals surface area contributed by atoms with Crippen molar-refractivity contribution in [1.29, 1.82) is 0 Å². The van der Waals surface area contributed by atoms with Gasteiger partial charge in [-0.1, -0.05) is 37.3 Å². The van der Waals surface area contributed by atoms with Crippen LogP contribution in [-0.4, -0.2) is 54.4 Å². The second-order valence-corrected chi connectivity index (χ2v) is 9.08.